The summed E-state index contributed by atoms with van der Waals surface area (Å²) in [6.07, 6.45) is 5.33. The molecule has 4 unspecified atom stereocenters. The number of nitrogens with one attached hydrogen (secondary N) is 1. The summed E-state index contributed by atoms with van der Waals surface area (Å²) in [5.74, 6) is 2.41. The van der Waals surface area contributed by atoms with Crippen LogP contribution in [0.4, 0.5) is 0 Å². The molecule has 5 nitrogen and oxygen atoms in total. The first-order valence-corrected chi connectivity index (χ1v) is 7.86. The second-order valence-electron chi connectivity index (χ2n) is 6.24. The molecule has 4 atom stereocenters. The van der Waals surface area contributed by atoms with Crippen LogP contribution in [0.25, 0.3) is 0 Å². The van der Waals surface area contributed by atoms with Crippen molar-refractivity contribution in [3.8, 4) is 0 Å². The summed E-state index contributed by atoms with van der Waals surface area (Å²) < 4.78 is 6.03. The van der Waals surface area contributed by atoms with Crippen molar-refractivity contribution in [2.75, 3.05) is 20.1 Å². The Balaban J connectivity index is 1.39. The second kappa shape index (κ2) is 5.30. The van der Waals surface area contributed by atoms with E-state index < -0.39 is 0 Å². The third-order valence-corrected chi connectivity index (χ3v) is 5.12. The standard InChI is InChI=1S/C16H22N4O/c1-17-16(19-8-11-4-2-3-7-18-11)20-9-12-13(10-20)15-6-5-14(12)21-15/h2-4,7,12-15H,5-6,8-10H2,1H3,(H,17,19). The maximum atomic E-state index is 6.03. The molecule has 3 aliphatic heterocycles. The Kier molecular flexibility index (Phi) is 3.30. The van der Waals surface area contributed by atoms with Crippen LogP contribution in [0.15, 0.2) is 29.4 Å². The lowest BCUT2D eigenvalue weighted by atomic mass is 9.82. The van der Waals surface area contributed by atoms with Gasteiger partial charge in [0.25, 0.3) is 0 Å². The Morgan fingerprint density at radius 3 is 2.71 bits per heavy atom. The molecule has 1 N–H and O–H groups in total. The highest BCUT2D eigenvalue weighted by molar-refractivity contribution is 5.80. The Morgan fingerprint density at radius 2 is 2.10 bits per heavy atom. The Labute approximate surface area is 125 Å². The number of aromatic nitrogens is 1. The zero-order valence-electron chi connectivity index (χ0n) is 12.4. The van der Waals surface area contributed by atoms with E-state index in [0.717, 1.165) is 31.3 Å². The minimum absolute atomic E-state index is 0.499. The summed E-state index contributed by atoms with van der Waals surface area (Å²) in [6, 6.07) is 5.99. The molecule has 0 amide bonds. The van der Waals surface area contributed by atoms with Crippen molar-refractivity contribution in [1.29, 1.82) is 0 Å². The quantitative estimate of drug-likeness (QED) is 0.657. The number of hydrogen-bond acceptors (Lipinski definition) is 3. The van der Waals surface area contributed by atoms with Crippen LogP contribution in [-0.4, -0.2) is 48.2 Å². The number of guanidine groups is 1. The van der Waals surface area contributed by atoms with Crippen molar-refractivity contribution in [1.82, 2.24) is 15.2 Å². The van der Waals surface area contributed by atoms with Gasteiger partial charge in [0.05, 0.1) is 24.4 Å². The van der Waals surface area contributed by atoms with Crippen LogP contribution in [0.3, 0.4) is 0 Å². The zero-order valence-corrected chi connectivity index (χ0v) is 12.4. The van der Waals surface area contributed by atoms with E-state index in [4.69, 9.17) is 4.74 Å². The molecular formula is C16H22N4O. The van der Waals surface area contributed by atoms with Crippen molar-refractivity contribution >= 4 is 5.96 Å². The SMILES string of the molecule is CN=C(NCc1ccccn1)N1CC2C3CCC(O3)C2C1. The van der Waals surface area contributed by atoms with Crippen LogP contribution in [0.5, 0.6) is 0 Å². The molecule has 4 heterocycles. The van der Waals surface area contributed by atoms with Gasteiger partial charge in [-0.05, 0) is 25.0 Å². The summed E-state index contributed by atoms with van der Waals surface area (Å²) in [5, 5.41) is 3.44. The van der Waals surface area contributed by atoms with E-state index in [1.54, 1.807) is 0 Å². The lowest BCUT2D eigenvalue weighted by Crippen LogP contribution is -2.41. The second-order valence-corrected chi connectivity index (χ2v) is 6.24. The Morgan fingerprint density at radius 1 is 1.33 bits per heavy atom. The summed E-state index contributed by atoms with van der Waals surface area (Å²) in [7, 11) is 1.86. The van der Waals surface area contributed by atoms with Gasteiger partial charge in [0.15, 0.2) is 5.96 Å². The van der Waals surface area contributed by atoms with E-state index in [-0.39, 0.29) is 0 Å². The minimum Gasteiger partial charge on any atom is -0.374 e. The molecule has 5 heteroatoms. The fraction of sp³-hybridized carbons (Fsp3) is 0.625. The molecule has 112 valence electrons. The third-order valence-electron chi connectivity index (χ3n) is 5.12. The molecule has 21 heavy (non-hydrogen) atoms. The Bertz CT molecular complexity index is 514. The molecule has 4 rings (SSSR count). The fourth-order valence-corrected chi connectivity index (χ4v) is 4.14. The van der Waals surface area contributed by atoms with Gasteiger partial charge in [-0.25, -0.2) is 0 Å². The summed E-state index contributed by atoms with van der Waals surface area (Å²) in [4.78, 5) is 11.2. The van der Waals surface area contributed by atoms with Crippen molar-refractivity contribution in [2.24, 2.45) is 16.8 Å². The topological polar surface area (TPSA) is 49.8 Å². The van der Waals surface area contributed by atoms with Crippen molar-refractivity contribution < 1.29 is 4.74 Å². The normalized spacial score (nSPS) is 34.3. The summed E-state index contributed by atoms with van der Waals surface area (Å²) in [5.41, 5.74) is 1.04. The van der Waals surface area contributed by atoms with Crippen molar-refractivity contribution in [2.45, 2.75) is 31.6 Å². The third kappa shape index (κ3) is 2.29. The highest BCUT2D eigenvalue weighted by Crippen LogP contribution is 2.47. The predicted molar refractivity (Wildman–Crippen MR) is 80.9 cm³/mol. The maximum absolute atomic E-state index is 6.03. The molecule has 0 aliphatic carbocycles. The average Bonchev–Trinajstić information content (AvgIpc) is 3.21. The van der Waals surface area contributed by atoms with Gasteiger partial charge < -0.3 is 15.0 Å². The van der Waals surface area contributed by atoms with Gasteiger partial charge in [-0.2, -0.15) is 0 Å². The number of rotatable bonds is 2. The number of fused-ring (bicyclic) bond motifs is 5. The molecule has 3 saturated heterocycles. The van der Waals surface area contributed by atoms with E-state index in [2.05, 4.69) is 20.2 Å². The number of pyridine rings is 1. The van der Waals surface area contributed by atoms with Crippen LogP contribution in [-0.2, 0) is 11.3 Å². The van der Waals surface area contributed by atoms with E-state index in [1.165, 1.54) is 12.8 Å². The summed E-state index contributed by atoms with van der Waals surface area (Å²) >= 11 is 0. The number of aliphatic imine (C=N–C) groups is 1. The van der Waals surface area contributed by atoms with Crippen LogP contribution in [0.1, 0.15) is 18.5 Å². The zero-order chi connectivity index (χ0) is 14.2. The molecule has 2 bridgehead atoms. The van der Waals surface area contributed by atoms with E-state index in [1.807, 2.05) is 31.4 Å². The molecule has 0 radical (unpaired) electrons. The van der Waals surface area contributed by atoms with Crippen molar-refractivity contribution in [3.63, 3.8) is 0 Å². The van der Waals surface area contributed by atoms with Crippen molar-refractivity contribution in [3.05, 3.63) is 30.1 Å². The molecule has 3 aliphatic rings. The van der Waals surface area contributed by atoms with E-state index in [9.17, 15) is 0 Å². The van der Waals surface area contributed by atoms with E-state index in [0.29, 0.717) is 24.0 Å². The molecule has 3 fully saturated rings. The largest absolute Gasteiger partial charge is 0.374 e. The van der Waals surface area contributed by atoms with Crippen LogP contribution >= 0.6 is 0 Å². The highest BCUT2D eigenvalue weighted by atomic mass is 16.5. The van der Waals surface area contributed by atoms with Crippen LogP contribution < -0.4 is 5.32 Å². The number of hydrogen-bond donors (Lipinski definition) is 1. The predicted octanol–water partition coefficient (Wildman–Crippen LogP) is 1.27. The summed E-state index contributed by atoms with van der Waals surface area (Å²) in [6.45, 7) is 2.88. The molecular weight excluding hydrogens is 264 g/mol. The number of nitrogens with zero attached hydrogens (tertiary/aromatic N) is 3. The van der Waals surface area contributed by atoms with Gasteiger partial charge in [0.1, 0.15) is 0 Å². The monoisotopic (exact) mass is 286 g/mol. The first-order chi connectivity index (χ1) is 10.3. The molecule has 0 spiro atoms. The van der Waals surface area contributed by atoms with Gasteiger partial charge >= 0.3 is 0 Å². The first-order valence-electron chi connectivity index (χ1n) is 7.86. The Hall–Kier alpha value is -1.62. The van der Waals surface area contributed by atoms with Gasteiger partial charge in [-0.1, -0.05) is 6.07 Å². The lowest BCUT2D eigenvalue weighted by molar-refractivity contribution is 0.0767. The molecule has 1 aromatic heterocycles. The van der Waals surface area contributed by atoms with Crippen LogP contribution in [0, 0.1) is 11.8 Å². The molecule has 1 aromatic rings. The maximum Gasteiger partial charge on any atom is 0.193 e. The van der Waals surface area contributed by atoms with Crippen LogP contribution in [0.2, 0.25) is 0 Å². The van der Waals surface area contributed by atoms with Gasteiger partial charge in [-0.3, -0.25) is 9.98 Å². The lowest BCUT2D eigenvalue weighted by Gasteiger charge is -2.23. The van der Waals surface area contributed by atoms with E-state index >= 15 is 0 Å². The van der Waals surface area contributed by atoms with Gasteiger partial charge in [-0.15, -0.1) is 0 Å². The smallest absolute Gasteiger partial charge is 0.193 e. The number of likely N-dealkylation sites (tertiary alicyclic amines) is 1. The van der Waals surface area contributed by atoms with Gasteiger partial charge in [0.2, 0.25) is 0 Å². The molecule has 0 aromatic carbocycles. The molecule has 0 saturated carbocycles. The first kappa shape index (κ1) is 13.1. The number of ether oxygens (including phenoxy) is 1. The van der Waals surface area contributed by atoms with Gasteiger partial charge in [0, 0.05) is 38.2 Å². The fourth-order valence-electron chi connectivity index (χ4n) is 4.14. The minimum atomic E-state index is 0.499. The highest BCUT2D eigenvalue weighted by Gasteiger charge is 2.53. The average molecular weight is 286 g/mol.